The number of rotatable bonds is 14. The molecule has 12 atom stereocenters. The van der Waals surface area contributed by atoms with E-state index >= 15 is 0 Å². The normalized spacial score (nSPS) is 30.1. The maximum Gasteiger partial charge on any atom is 0.472 e. The summed E-state index contributed by atoms with van der Waals surface area (Å²) in [6.45, 7) is -1.78. The van der Waals surface area contributed by atoms with Crippen LogP contribution < -0.4 is 17.2 Å². The lowest BCUT2D eigenvalue weighted by molar-refractivity contribution is -0.0641. The van der Waals surface area contributed by atoms with Crippen molar-refractivity contribution < 1.29 is 66.5 Å². The zero-order valence-electron chi connectivity index (χ0n) is 31.2. The topological polar surface area (TPSA) is 409 Å². The predicted octanol–water partition coefficient (Wildman–Crippen LogP) is -1.56. The number of fused-ring (bicyclic) bond motifs is 3. The standard InChI is InChI=1S/C30H37N15O14P2/c31-22-17-25(37-6-34-22)43(9-40-17)28-14(1-12(3-46)55-28)58-60(49,50)53-4-13-2-15(29(56-13)44-10-41-18-23(32)35-7-38-26(18)44)59-61(51,52)54-5-16-20(47)21(48)30(57-16)45-11-42-19-24(33)36-8-39-27(19)45/h6-16,20-21,28-30,46-48H,1-5H2,(H,49,50)(H,51,52)(H2,31,34,37)(H2,32,35,38)(H2,33,36,39). The summed E-state index contributed by atoms with van der Waals surface area (Å²) in [5.41, 5.74) is 19.0. The Labute approximate surface area is 340 Å². The molecule has 12 unspecified atom stereocenters. The lowest BCUT2D eigenvalue weighted by Crippen LogP contribution is -2.33. The minimum Gasteiger partial charge on any atom is -0.394 e. The number of imidazole rings is 3. The summed E-state index contributed by atoms with van der Waals surface area (Å²) in [5, 5.41) is 31.5. The molecule has 61 heavy (non-hydrogen) atoms. The molecule has 0 aromatic carbocycles. The second-order valence-corrected chi connectivity index (χ2v) is 16.9. The fraction of sp³-hybridized carbons (Fsp3) is 0.500. The van der Waals surface area contributed by atoms with E-state index in [-0.39, 0.29) is 63.8 Å². The van der Waals surface area contributed by atoms with Crippen LogP contribution in [0.2, 0.25) is 0 Å². The summed E-state index contributed by atoms with van der Waals surface area (Å²) in [5.74, 6) is 0.193. The highest BCUT2D eigenvalue weighted by molar-refractivity contribution is 7.47. The number of nitrogens with two attached hydrogens (primary N) is 3. The summed E-state index contributed by atoms with van der Waals surface area (Å²) in [6, 6.07) is 0. The van der Waals surface area contributed by atoms with Gasteiger partial charge in [0.25, 0.3) is 0 Å². The molecule has 6 aromatic heterocycles. The smallest absolute Gasteiger partial charge is 0.394 e. The first-order chi connectivity index (χ1) is 29.2. The lowest BCUT2D eigenvalue weighted by atomic mass is 10.1. The number of ether oxygens (including phenoxy) is 3. The molecule has 0 amide bonds. The van der Waals surface area contributed by atoms with Gasteiger partial charge in [0.05, 0.1) is 51.0 Å². The zero-order valence-corrected chi connectivity index (χ0v) is 33.0. The molecule has 0 radical (unpaired) electrons. The predicted molar refractivity (Wildman–Crippen MR) is 201 cm³/mol. The van der Waals surface area contributed by atoms with Crippen molar-refractivity contribution in [2.24, 2.45) is 0 Å². The van der Waals surface area contributed by atoms with Crippen molar-refractivity contribution in [3.63, 3.8) is 0 Å². The average Bonchev–Trinajstić information content (AvgIpc) is 4.08. The summed E-state index contributed by atoms with van der Waals surface area (Å²) in [4.78, 5) is 58.6. The van der Waals surface area contributed by atoms with E-state index in [1.165, 1.54) is 51.7 Å². The Balaban J connectivity index is 0.886. The minimum atomic E-state index is -5.06. The molecule has 0 bridgehead atoms. The van der Waals surface area contributed by atoms with E-state index in [1.807, 2.05) is 0 Å². The number of aromatic nitrogens is 12. The van der Waals surface area contributed by atoms with Gasteiger partial charge in [0.15, 0.2) is 53.1 Å². The van der Waals surface area contributed by atoms with E-state index in [4.69, 9.17) is 49.5 Å². The van der Waals surface area contributed by atoms with Crippen LogP contribution in [0.1, 0.15) is 31.5 Å². The molecule has 31 heteroatoms. The van der Waals surface area contributed by atoms with E-state index in [2.05, 4.69) is 44.9 Å². The molecule has 6 aromatic rings. The van der Waals surface area contributed by atoms with Crippen molar-refractivity contribution in [2.75, 3.05) is 37.0 Å². The molecular weight excluding hydrogens is 856 g/mol. The van der Waals surface area contributed by atoms with Crippen LogP contribution >= 0.6 is 15.6 Å². The second-order valence-electron chi connectivity index (χ2n) is 14.1. The van der Waals surface area contributed by atoms with Gasteiger partial charge in [-0.2, -0.15) is 0 Å². The fourth-order valence-electron chi connectivity index (χ4n) is 7.35. The zero-order chi connectivity index (χ0) is 42.8. The van der Waals surface area contributed by atoms with Crippen LogP contribution in [0, 0.1) is 0 Å². The summed E-state index contributed by atoms with van der Waals surface area (Å²) in [7, 11) is -10.00. The van der Waals surface area contributed by atoms with Crippen LogP contribution in [0.15, 0.2) is 38.0 Å². The minimum absolute atomic E-state index is 0.0230. The molecule has 11 N–H and O–H groups in total. The fourth-order valence-corrected chi connectivity index (χ4v) is 9.23. The quantitative estimate of drug-likeness (QED) is 0.0573. The number of anilines is 3. The number of aliphatic hydroxyl groups excluding tert-OH is 3. The number of hydrogen-bond acceptors (Lipinski definition) is 24. The van der Waals surface area contributed by atoms with Gasteiger partial charge in [-0.25, -0.2) is 54.0 Å². The van der Waals surface area contributed by atoms with E-state index in [9.17, 15) is 34.2 Å². The van der Waals surface area contributed by atoms with Crippen molar-refractivity contribution in [3.05, 3.63) is 38.0 Å². The highest BCUT2D eigenvalue weighted by Crippen LogP contribution is 2.52. The maximum atomic E-state index is 13.5. The molecule has 9 heterocycles. The van der Waals surface area contributed by atoms with Gasteiger partial charge in [0.2, 0.25) is 0 Å². The van der Waals surface area contributed by atoms with Gasteiger partial charge < -0.3 is 56.5 Å². The highest BCUT2D eigenvalue weighted by atomic mass is 31.2. The van der Waals surface area contributed by atoms with Crippen LogP contribution in [0.3, 0.4) is 0 Å². The van der Waals surface area contributed by atoms with Crippen molar-refractivity contribution in [2.45, 2.75) is 74.3 Å². The molecule has 3 aliphatic rings. The Morgan fingerprint density at radius 2 is 1.03 bits per heavy atom. The Hall–Kier alpha value is -4.97. The van der Waals surface area contributed by atoms with E-state index < -0.39 is 96.9 Å². The van der Waals surface area contributed by atoms with Crippen LogP contribution in [0.4, 0.5) is 17.5 Å². The summed E-state index contributed by atoms with van der Waals surface area (Å²) in [6.07, 6.45) is -5.26. The largest absolute Gasteiger partial charge is 0.472 e. The van der Waals surface area contributed by atoms with Gasteiger partial charge in [-0.05, 0) is 0 Å². The number of phosphoric acid groups is 2. The first-order valence-electron chi connectivity index (χ1n) is 18.2. The molecule has 29 nitrogen and oxygen atoms in total. The molecular formula is C30H37N15O14P2. The number of hydrogen-bond donors (Lipinski definition) is 8. The van der Waals surface area contributed by atoms with Crippen LogP contribution in [-0.4, -0.2) is 146 Å². The van der Waals surface area contributed by atoms with Gasteiger partial charge in [-0.3, -0.25) is 31.8 Å². The number of nitrogens with zero attached hydrogens (tertiary/aromatic N) is 12. The van der Waals surface area contributed by atoms with E-state index in [0.717, 1.165) is 0 Å². The van der Waals surface area contributed by atoms with Crippen LogP contribution in [-0.2, 0) is 41.4 Å². The Morgan fingerprint density at radius 1 is 0.607 bits per heavy atom. The molecule has 0 aliphatic carbocycles. The van der Waals surface area contributed by atoms with Gasteiger partial charge in [0.1, 0.15) is 66.1 Å². The molecule has 3 fully saturated rings. The summed E-state index contributed by atoms with van der Waals surface area (Å²) >= 11 is 0. The van der Waals surface area contributed by atoms with E-state index in [0.29, 0.717) is 0 Å². The molecule has 3 saturated heterocycles. The molecule has 0 saturated carbocycles. The highest BCUT2D eigenvalue weighted by Gasteiger charge is 2.48. The molecule has 3 aliphatic heterocycles. The van der Waals surface area contributed by atoms with Crippen molar-refractivity contribution >= 4 is 66.6 Å². The first kappa shape index (κ1) is 41.4. The van der Waals surface area contributed by atoms with Crippen molar-refractivity contribution in [1.29, 1.82) is 0 Å². The van der Waals surface area contributed by atoms with Gasteiger partial charge in [0, 0.05) is 12.8 Å². The maximum absolute atomic E-state index is 13.5. The SMILES string of the molecule is Nc1ncnc2c1ncn2C1OC(CO)CC1OP(=O)(O)OCC1CC(OP(=O)(O)OCC2OC(n3cnc4c(N)ncnc43)C(O)C2O)C(n2cnc3c(N)ncnc32)O1. The molecule has 326 valence electrons. The monoisotopic (exact) mass is 893 g/mol. The van der Waals surface area contributed by atoms with Crippen LogP contribution in [0.25, 0.3) is 33.5 Å². The third-order valence-electron chi connectivity index (χ3n) is 10.2. The number of aliphatic hydroxyl groups is 3. The molecule has 9 rings (SSSR count). The third kappa shape index (κ3) is 7.89. The Kier molecular flexibility index (Phi) is 10.9. The first-order valence-corrected chi connectivity index (χ1v) is 21.2. The molecule has 0 spiro atoms. The van der Waals surface area contributed by atoms with E-state index in [1.54, 1.807) is 0 Å². The number of nitrogen functional groups attached to an aromatic ring is 3. The second kappa shape index (κ2) is 16.1. The van der Waals surface area contributed by atoms with Crippen molar-refractivity contribution in [3.8, 4) is 0 Å². The number of phosphoric ester groups is 2. The third-order valence-corrected chi connectivity index (χ3v) is 12.2. The van der Waals surface area contributed by atoms with Crippen molar-refractivity contribution in [1.82, 2.24) is 58.6 Å². The van der Waals surface area contributed by atoms with Gasteiger partial charge >= 0.3 is 15.6 Å². The van der Waals surface area contributed by atoms with Gasteiger partial charge in [-0.1, -0.05) is 0 Å². The lowest BCUT2D eigenvalue weighted by Gasteiger charge is -2.23. The Morgan fingerprint density at radius 3 is 1.51 bits per heavy atom. The average molecular weight is 894 g/mol. The van der Waals surface area contributed by atoms with Gasteiger partial charge in [-0.15, -0.1) is 0 Å². The summed E-state index contributed by atoms with van der Waals surface area (Å²) < 4.78 is 70.7. The Bertz CT molecular complexity index is 2670. The van der Waals surface area contributed by atoms with Crippen LogP contribution in [0.5, 0.6) is 0 Å².